The van der Waals surface area contributed by atoms with E-state index in [1.807, 2.05) is 20.8 Å². The monoisotopic (exact) mass is 396 g/mol. The summed E-state index contributed by atoms with van der Waals surface area (Å²) >= 11 is 0. The fourth-order valence-corrected chi connectivity index (χ4v) is 4.31. The molecule has 7 heteroatoms. The predicted octanol–water partition coefficient (Wildman–Crippen LogP) is 4.53. The van der Waals surface area contributed by atoms with Crippen molar-refractivity contribution in [2.24, 2.45) is 22.4 Å². The molecule has 1 aromatic rings. The average molecular weight is 396 g/mol. The molecule has 0 radical (unpaired) electrons. The first kappa shape index (κ1) is 20.8. The van der Waals surface area contributed by atoms with E-state index < -0.39 is 23.7 Å². The Morgan fingerprint density at radius 2 is 1.93 bits per heavy atom. The van der Waals surface area contributed by atoms with Crippen molar-refractivity contribution in [1.82, 2.24) is 5.01 Å². The van der Waals surface area contributed by atoms with Crippen molar-refractivity contribution in [3.63, 3.8) is 0 Å². The summed E-state index contributed by atoms with van der Waals surface area (Å²) in [6.07, 6.45) is -3.15. The van der Waals surface area contributed by atoms with E-state index in [-0.39, 0.29) is 29.9 Å². The molecule has 1 aliphatic carbocycles. The second-order valence-corrected chi connectivity index (χ2v) is 8.55. The molecular weight excluding hydrogens is 369 g/mol. The van der Waals surface area contributed by atoms with Crippen LogP contribution in [-0.4, -0.2) is 33.6 Å². The second-order valence-electron chi connectivity index (χ2n) is 8.55. The lowest BCUT2D eigenvalue weighted by Crippen LogP contribution is -2.62. The van der Waals surface area contributed by atoms with E-state index in [0.717, 1.165) is 6.42 Å². The first-order chi connectivity index (χ1) is 13.0. The Morgan fingerprint density at radius 3 is 2.50 bits per heavy atom. The van der Waals surface area contributed by atoms with Gasteiger partial charge in [0.1, 0.15) is 0 Å². The molecule has 1 aliphatic heterocycles. The standard InChI is InChI=1S/C21H27F3N2O2/c1-4-19(2,3)15-10-11-17-16(13-15)20(28,21(22,23)24)26(25-17)18(27)12-14-8-6-5-7-9-14/h5-9,15-16,28H,4,10-13H2,1-3H3/t15-,16-,20+/m1/s1. The lowest BCUT2D eigenvalue weighted by atomic mass is 9.64. The Kier molecular flexibility index (Phi) is 5.34. The van der Waals surface area contributed by atoms with E-state index in [9.17, 15) is 23.1 Å². The Balaban J connectivity index is 1.92. The van der Waals surface area contributed by atoms with Crippen molar-refractivity contribution in [3.05, 3.63) is 35.9 Å². The van der Waals surface area contributed by atoms with Crippen LogP contribution >= 0.6 is 0 Å². The zero-order valence-electron chi connectivity index (χ0n) is 16.5. The number of rotatable bonds is 4. The van der Waals surface area contributed by atoms with Crippen molar-refractivity contribution < 1.29 is 23.1 Å². The molecule has 0 aromatic heterocycles. The van der Waals surface area contributed by atoms with Crippen molar-refractivity contribution in [2.75, 3.05) is 0 Å². The number of carbonyl (C=O) groups excluding carboxylic acids is 1. The summed E-state index contributed by atoms with van der Waals surface area (Å²) in [7, 11) is 0. The number of hydrogen-bond acceptors (Lipinski definition) is 3. The molecule has 4 nitrogen and oxygen atoms in total. The Hall–Kier alpha value is -1.89. The lowest BCUT2D eigenvalue weighted by molar-refractivity contribution is -0.318. The van der Waals surface area contributed by atoms with Crippen LogP contribution in [0, 0.1) is 17.3 Å². The molecule has 154 valence electrons. The van der Waals surface area contributed by atoms with Gasteiger partial charge in [0, 0.05) is 5.71 Å². The summed E-state index contributed by atoms with van der Waals surface area (Å²) in [5.74, 6) is -2.03. The van der Waals surface area contributed by atoms with Gasteiger partial charge in [-0.05, 0) is 36.2 Å². The minimum Gasteiger partial charge on any atom is -0.362 e. The highest BCUT2D eigenvalue weighted by atomic mass is 19.4. The molecule has 0 unspecified atom stereocenters. The first-order valence-corrected chi connectivity index (χ1v) is 9.74. The zero-order chi connectivity index (χ0) is 20.7. The van der Waals surface area contributed by atoms with E-state index in [0.29, 0.717) is 23.4 Å². The maximum absolute atomic E-state index is 14.1. The molecule has 28 heavy (non-hydrogen) atoms. The van der Waals surface area contributed by atoms with Gasteiger partial charge in [-0.25, -0.2) is 0 Å². The molecule has 1 N–H and O–H groups in total. The molecule has 1 aromatic carbocycles. The maximum atomic E-state index is 14.1. The first-order valence-electron chi connectivity index (χ1n) is 9.74. The number of aliphatic hydroxyl groups is 1. The van der Waals surface area contributed by atoms with Crippen molar-refractivity contribution >= 4 is 11.6 Å². The average Bonchev–Trinajstić information content (AvgIpc) is 2.96. The number of halogens is 3. The van der Waals surface area contributed by atoms with Gasteiger partial charge in [-0.1, -0.05) is 57.5 Å². The van der Waals surface area contributed by atoms with Crippen LogP contribution in [0.15, 0.2) is 35.4 Å². The molecule has 0 bridgehead atoms. The van der Waals surface area contributed by atoms with Crippen LogP contribution in [0.2, 0.25) is 0 Å². The van der Waals surface area contributed by atoms with Gasteiger partial charge < -0.3 is 5.11 Å². The topological polar surface area (TPSA) is 52.9 Å². The Morgan fingerprint density at radius 1 is 1.29 bits per heavy atom. The Labute approximate surface area is 163 Å². The van der Waals surface area contributed by atoms with Crippen molar-refractivity contribution in [1.29, 1.82) is 0 Å². The van der Waals surface area contributed by atoms with Gasteiger partial charge in [0.05, 0.1) is 12.3 Å². The zero-order valence-corrected chi connectivity index (χ0v) is 16.5. The van der Waals surface area contributed by atoms with Gasteiger partial charge >= 0.3 is 6.18 Å². The highest BCUT2D eigenvalue weighted by Crippen LogP contribution is 2.52. The number of hydrazone groups is 1. The molecule has 3 atom stereocenters. The number of nitrogens with zero attached hydrogens (tertiary/aromatic N) is 2. The summed E-state index contributed by atoms with van der Waals surface area (Å²) in [4.78, 5) is 12.7. The molecule has 1 saturated carbocycles. The van der Waals surface area contributed by atoms with Gasteiger partial charge in [-0.3, -0.25) is 4.79 Å². The Bertz CT molecular complexity index is 761. The van der Waals surface area contributed by atoms with E-state index in [2.05, 4.69) is 5.10 Å². The minimum atomic E-state index is -4.99. The van der Waals surface area contributed by atoms with Crippen LogP contribution in [-0.2, 0) is 11.2 Å². The molecule has 1 heterocycles. The van der Waals surface area contributed by atoms with Crippen molar-refractivity contribution in [3.8, 4) is 0 Å². The van der Waals surface area contributed by atoms with Crippen LogP contribution < -0.4 is 0 Å². The quantitative estimate of drug-likeness (QED) is 0.813. The number of benzene rings is 1. The second kappa shape index (κ2) is 7.17. The summed E-state index contributed by atoms with van der Waals surface area (Å²) < 4.78 is 42.2. The summed E-state index contributed by atoms with van der Waals surface area (Å²) in [6, 6.07) is 8.53. The number of carbonyl (C=O) groups is 1. The molecule has 3 rings (SSSR count). The fourth-order valence-electron chi connectivity index (χ4n) is 4.31. The summed E-state index contributed by atoms with van der Waals surface area (Å²) in [5, 5.41) is 15.2. The molecule has 2 aliphatic rings. The van der Waals surface area contributed by atoms with E-state index in [1.54, 1.807) is 30.3 Å². The van der Waals surface area contributed by atoms with Gasteiger partial charge in [-0.2, -0.15) is 23.3 Å². The van der Waals surface area contributed by atoms with Crippen LogP contribution in [0.5, 0.6) is 0 Å². The lowest BCUT2D eigenvalue weighted by Gasteiger charge is -2.43. The third kappa shape index (κ3) is 3.45. The molecule has 1 fully saturated rings. The number of fused-ring (bicyclic) bond motifs is 1. The SMILES string of the molecule is CCC(C)(C)[C@@H]1CCC2=NN(C(=O)Cc3ccccc3)[C@@](O)(C(F)(F)F)[C@@H]2C1. The van der Waals surface area contributed by atoms with Gasteiger partial charge in [-0.15, -0.1) is 0 Å². The highest BCUT2D eigenvalue weighted by molar-refractivity contribution is 5.93. The molecule has 0 spiro atoms. The van der Waals surface area contributed by atoms with E-state index in [1.165, 1.54) is 0 Å². The van der Waals surface area contributed by atoms with Crippen molar-refractivity contribution in [2.45, 2.75) is 64.8 Å². The maximum Gasteiger partial charge on any atom is 0.439 e. The largest absolute Gasteiger partial charge is 0.439 e. The predicted molar refractivity (Wildman–Crippen MR) is 100 cm³/mol. The fraction of sp³-hybridized carbons (Fsp3) is 0.619. The van der Waals surface area contributed by atoms with Gasteiger partial charge in [0.25, 0.3) is 5.72 Å². The number of hydrogen-bond donors (Lipinski definition) is 1. The van der Waals surface area contributed by atoms with E-state index >= 15 is 0 Å². The van der Waals surface area contributed by atoms with E-state index in [4.69, 9.17) is 0 Å². The number of amides is 1. The third-order valence-electron chi connectivity index (χ3n) is 6.58. The molecule has 1 amide bonds. The third-order valence-corrected chi connectivity index (χ3v) is 6.58. The van der Waals surface area contributed by atoms with Crippen LogP contribution in [0.25, 0.3) is 0 Å². The van der Waals surface area contributed by atoms with Crippen LogP contribution in [0.3, 0.4) is 0 Å². The van der Waals surface area contributed by atoms with Gasteiger partial charge in [0.15, 0.2) is 0 Å². The van der Waals surface area contributed by atoms with Gasteiger partial charge in [0.2, 0.25) is 5.91 Å². The van der Waals surface area contributed by atoms with Crippen LogP contribution in [0.4, 0.5) is 13.2 Å². The minimum absolute atomic E-state index is 0.0273. The highest BCUT2D eigenvalue weighted by Gasteiger charge is 2.69. The molecular formula is C21H27F3N2O2. The summed E-state index contributed by atoms with van der Waals surface area (Å²) in [6.45, 7) is 6.10. The summed E-state index contributed by atoms with van der Waals surface area (Å²) in [5.41, 5.74) is -2.56. The molecule has 0 saturated heterocycles. The smallest absolute Gasteiger partial charge is 0.362 e. The normalized spacial score (nSPS) is 28.1. The number of alkyl halides is 3. The van der Waals surface area contributed by atoms with Crippen LogP contribution in [0.1, 0.15) is 52.0 Å².